The minimum absolute atomic E-state index is 0.331. The second-order valence-corrected chi connectivity index (χ2v) is 8.91. The van der Waals surface area contributed by atoms with Gasteiger partial charge < -0.3 is 5.73 Å². The summed E-state index contributed by atoms with van der Waals surface area (Å²) in [5.74, 6) is 0. The van der Waals surface area contributed by atoms with Gasteiger partial charge in [-0.05, 0) is 12.0 Å². The lowest BCUT2D eigenvalue weighted by molar-refractivity contribution is 0.526. The standard InChI is InChI=1S/C15H22N4O2S2/c1-4-5-11(6-13-9-18-15(16)22-13)12-7-14(10-17-8-12)23(20,21)19(2)3/h8-10H,4-7H2,1-3H3,(H2,16,18)/b12-11+. The highest BCUT2D eigenvalue weighted by Crippen LogP contribution is 2.28. The molecule has 2 N–H and O–H groups in total. The summed E-state index contributed by atoms with van der Waals surface area (Å²) in [5, 5.41) is 0.550. The first kappa shape index (κ1) is 17.8. The maximum atomic E-state index is 12.3. The molecule has 0 unspecified atom stereocenters. The van der Waals surface area contributed by atoms with E-state index in [4.69, 9.17) is 5.73 Å². The summed E-state index contributed by atoms with van der Waals surface area (Å²) in [6.45, 7) is 2.11. The number of hydrogen-bond acceptors (Lipinski definition) is 6. The first-order valence-corrected chi connectivity index (χ1v) is 9.66. The summed E-state index contributed by atoms with van der Waals surface area (Å²) in [4.78, 5) is 9.64. The van der Waals surface area contributed by atoms with Crippen molar-refractivity contribution in [3.63, 3.8) is 0 Å². The largest absolute Gasteiger partial charge is 0.375 e. The van der Waals surface area contributed by atoms with E-state index in [1.165, 1.54) is 41.5 Å². The van der Waals surface area contributed by atoms with Crippen LogP contribution in [-0.2, 0) is 16.4 Å². The molecule has 0 fully saturated rings. The van der Waals surface area contributed by atoms with E-state index in [0.717, 1.165) is 29.7 Å². The molecule has 23 heavy (non-hydrogen) atoms. The first-order chi connectivity index (χ1) is 10.8. The highest BCUT2D eigenvalue weighted by Gasteiger charge is 2.24. The molecule has 0 amide bonds. The van der Waals surface area contributed by atoms with Crippen molar-refractivity contribution in [1.82, 2.24) is 9.29 Å². The number of nitrogens with zero attached hydrogens (tertiary/aromatic N) is 3. The zero-order chi connectivity index (χ0) is 17.0. The first-order valence-electron chi connectivity index (χ1n) is 7.40. The molecular formula is C15H22N4O2S2. The summed E-state index contributed by atoms with van der Waals surface area (Å²) in [7, 11) is -0.368. The molecule has 6 nitrogen and oxygen atoms in total. The van der Waals surface area contributed by atoms with Crippen molar-refractivity contribution in [2.24, 2.45) is 4.99 Å². The Morgan fingerprint density at radius 3 is 2.74 bits per heavy atom. The summed E-state index contributed by atoms with van der Waals surface area (Å²) in [5.41, 5.74) is 7.86. The van der Waals surface area contributed by atoms with Crippen LogP contribution in [0.1, 0.15) is 31.1 Å². The Balaban J connectivity index is 2.30. The summed E-state index contributed by atoms with van der Waals surface area (Å²) < 4.78 is 25.8. The van der Waals surface area contributed by atoms with Gasteiger partial charge in [-0.3, -0.25) is 4.99 Å². The maximum Gasteiger partial charge on any atom is 0.240 e. The zero-order valence-electron chi connectivity index (χ0n) is 13.6. The predicted octanol–water partition coefficient (Wildman–Crippen LogP) is 2.57. The van der Waals surface area contributed by atoms with Gasteiger partial charge in [0.15, 0.2) is 5.13 Å². The number of nitrogens with two attached hydrogens (primary N) is 1. The van der Waals surface area contributed by atoms with Crippen LogP contribution in [0.5, 0.6) is 0 Å². The zero-order valence-corrected chi connectivity index (χ0v) is 15.2. The number of rotatable bonds is 6. The molecule has 2 rings (SSSR count). The van der Waals surface area contributed by atoms with Gasteiger partial charge in [-0.25, -0.2) is 17.7 Å². The number of thiazole rings is 1. The quantitative estimate of drug-likeness (QED) is 0.850. The molecule has 0 aromatic carbocycles. The van der Waals surface area contributed by atoms with Crippen LogP contribution < -0.4 is 5.73 Å². The van der Waals surface area contributed by atoms with Crippen molar-refractivity contribution in [3.8, 4) is 0 Å². The molecule has 0 spiro atoms. The van der Waals surface area contributed by atoms with E-state index in [-0.39, 0.29) is 0 Å². The average molecular weight is 355 g/mol. The molecule has 1 aliphatic rings. The van der Waals surface area contributed by atoms with Gasteiger partial charge in [0.05, 0.1) is 4.91 Å². The highest BCUT2D eigenvalue weighted by atomic mass is 32.2. The molecule has 2 heterocycles. The van der Waals surface area contributed by atoms with Crippen molar-refractivity contribution >= 4 is 32.7 Å². The number of allylic oxidation sites excluding steroid dienone is 3. The Labute approximate surface area is 141 Å². The fourth-order valence-corrected chi connectivity index (χ4v) is 4.10. The van der Waals surface area contributed by atoms with Gasteiger partial charge in [0.1, 0.15) is 0 Å². The Hall–Kier alpha value is -1.51. The van der Waals surface area contributed by atoms with Crippen LogP contribution in [0.4, 0.5) is 5.13 Å². The predicted molar refractivity (Wildman–Crippen MR) is 96.0 cm³/mol. The van der Waals surface area contributed by atoms with Crippen molar-refractivity contribution in [2.75, 3.05) is 19.8 Å². The van der Waals surface area contributed by atoms with E-state index in [1.54, 1.807) is 12.4 Å². The fourth-order valence-electron chi connectivity index (χ4n) is 2.38. The molecule has 1 aliphatic heterocycles. The topological polar surface area (TPSA) is 88.6 Å². The van der Waals surface area contributed by atoms with Crippen LogP contribution in [0, 0.1) is 0 Å². The average Bonchev–Trinajstić information content (AvgIpc) is 2.92. The molecule has 0 radical (unpaired) electrons. The van der Waals surface area contributed by atoms with Crippen LogP contribution in [0.15, 0.2) is 33.4 Å². The van der Waals surface area contributed by atoms with Gasteiger partial charge in [0.2, 0.25) is 10.0 Å². The Morgan fingerprint density at radius 1 is 1.43 bits per heavy atom. The van der Waals surface area contributed by atoms with E-state index in [2.05, 4.69) is 16.9 Å². The molecule has 126 valence electrons. The Kier molecular flexibility index (Phi) is 5.72. The van der Waals surface area contributed by atoms with E-state index in [0.29, 0.717) is 16.5 Å². The van der Waals surface area contributed by atoms with Crippen molar-refractivity contribution in [2.45, 2.75) is 32.6 Å². The number of aromatic nitrogens is 1. The second kappa shape index (κ2) is 7.37. The minimum Gasteiger partial charge on any atom is -0.375 e. The molecule has 0 atom stereocenters. The van der Waals surface area contributed by atoms with Crippen LogP contribution in [0.2, 0.25) is 0 Å². The summed E-state index contributed by atoms with van der Waals surface area (Å²) in [6.07, 6.45) is 7.99. The van der Waals surface area contributed by atoms with Gasteiger partial charge in [-0.2, -0.15) is 0 Å². The normalized spacial score (nSPS) is 17.5. The van der Waals surface area contributed by atoms with Crippen molar-refractivity contribution in [1.29, 1.82) is 0 Å². The molecular weight excluding hydrogens is 332 g/mol. The van der Waals surface area contributed by atoms with E-state index in [9.17, 15) is 8.42 Å². The van der Waals surface area contributed by atoms with E-state index >= 15 is 0 Å². The fraction of sp³-hybridized carbons (Fsp3) is 0.467. The van der Waals surface area contributed by atoms with Crippen LogP contribution in [-0.4, -0.2) is 38.0 Å². The van der Waals surface area contributed by atoms with E-state index in [1.807, 2.05) is 0 Å². The van der Waals surface area contributed by atoms with E-state index < -0.39 is 10.0 Å². The van der Waals surface area contributed by atoms with Gasteiger partial charge in [0, 0.05) is 50.4 Å². The smallest absolute Gasteiger partial charge is 0.240 e. The SMILES string of the molecule is CCC/C(Cc1cnc(N)s1)=C1\C=NC=C(S(=O)(=O)N(C)C)C1. The number of hydrogen-bond donors (Lipinski definition) is 1. The van der Waals surface area contributed by atoms with Crippen molar-refractivity contribution < 1.29 is 8.42 Å². The van der Waals surface area contributed by atoms with Gasteiger partial charge in [0.25, 0.3) is 0 Å². The van der Waals surface area contributed by atoms with Crippen LogP contribution >= 0.6 is 11.3 Å². The molecule has 0 aliphatic carbocycles. The second-order valence-electron chi connectivity index (χ2n) is 5.56. The Morgan fingerprint density at radius 2 is 2.17 bits per heavy atom. The van der Waals surface area contributed by atoms with Gasteiger partial charge in [-0.1, -0.05) is 18.9 Å². The highest BCUT2D eigenvalue weighted by molar-refractivity contribution is 7.93. The molecule has 0 saturated carbocycles. The molecule has 8 heteroatoms. The summed E-state index contributed by atoms with van der Waals surface area (Å²) >= 11 is 1.46. The lowest BCUT2D eigenvalue weighted by Gasteiger charge is -2.19. The minimum atomic E-state index is -3.43. The number of nitrogen functional groups attached to an aromatic ring is 1. The molecule has 1 aromatic rings. The number of anilines is 1. The van der Waals surface area contributed by atoms with Crippen LogP contribution in [0.25, 0.3) is 0 Å². The number of aliphatic imine (C=N–C) groups is 1. The number of sulfonamides is 1. The third-order valence-corrected chi connectivity index (χ3v) is 6.29. The molecule has 0 bridgehead atoms. The third kappa shape index (κ3) is 4.27. The van der Waals surface area contributed by atoms with Gasteiger partial charge in [-0.15, -0.1) is 11.3 Å². The third-order valence-electron chi connectivity index (χ3n) is 3.59. The molecule has 1 aromatic heterocycles. The van der Waals surface area contributed by atoms with Crippen molar-refractivity contribution in [3.05, 3.63) is 33.3 Å². The lowest BCUT2D eigenvalue weighted by Crippen LogP contribution is -2.25. The van der Waals surface area contributed by atoms with Crippen LogP contribution in [0.3, 0.4) is 0 Å². The monoisotopic (exact) mass is 354 g/mol. The summed E-state index contributed by atoms with van der Waals surface area (Å²) in [6, 6.07) is 0. The maximum absolute atomic E-state index is 12.3. The lowest BCUT2D eigenvalue weighted by atomic mass is 9.97. The van der Waals surface area contributed by atoms with Gasteiger partial charge >= 0.3 is 0 Å². The molecule has 0 saturated heterocycles. The Bertz CT molecular complexity index is 758.